The number of halogens is 3. The Bertz CT molecular complexity index is 1530. The van der Waals surface area contributed by atoms with Crippen LogP contribution in [0.2, 0.25) is 0 Å². The Morgan fingerprint density at radius 3 is 2.00 bits per heavy atom. The standard InChI is InChI=1S/C31H33F3N2O4S/c1-21(2)35-16-18-36(19-17-35)25-10-4-24(5-11-25)30-28(22-6-12-26(39-3)13-7-22)15-9-23-8-14-27(20-29(23)30)40-41(37,38)31(32,33)34/h4-8,10-14,20-21H,9,15-19H2,1-3H3. The topological polar surface area (TPSA) is 59.1 Å². The van der Waals surface area contributed by atoms with Crippen molar-refractivity contribution in [3.8, 4) is 11.5 Å². The van der Waals surface area contributed by atoms with E-state index in [1.54, 1.807) is 13.2 Å². The number of hydrogen-bond donors (Lipinski definition) is 0. The maximum atomic E-state index is 13.1. The zero-order chi connectivity index (χ0) is 29.4. The van der Waals surface area contributed by atoms with Crippen LogP contribution in [0.3, 0.4) is 0 Å². The van der Waals surface area contributed by atoms with Crippen molar-refractivity contribution in [3.05, 3.63) is 89.0 Å². The lowest BCUT2D eigenvalue weighted by atomic mass is 9.79. The largest absolute Gasteiger partial charge is 0.534 e. The van der Waals surface area contributed by atoms with Crippen LogP contribution in [-0.2, 0) is 16.5 Å². The lowest BCUT2D eigenvalue weighted by Crippen LogP contribution is -2.48. The number of benzene rings is 3. The summed E-state index contributed by atoms with van der Waals surface area (Å²) in [6.45, 7) is 8.24. The highest BCUT2D eigenvalue weighted by atomic mass is 32.2. The molecular formula is C31H33F3N2O4S. The molecule has 1 heterocycles. The molecule has 41 heavy (non-hydrogen) atoms. The zero-order valence-electron chi connectivity index (χ0n) is 23.2. The third-order valence-corrected chi connectivity index (χ3v) is 8.77. The van der Waals surface area contributed by atoms with Crippen molar-refractivity contribution >= 4 is 27.0 Å². The van der Waals surface area contributed by atoms with Gasteiger partial charge in [-0.3, -0.25) is 4.90 Å². The number of anilines is 1. The third-order valence-electron chi connectivity index (χ3n) is 7.79. The Morgan fingerprint density at radius 2 is 1.41 bits per heavy atom. The molecule has 0 spiro atoms. The minimum Gasteiger partial charge on any atom is -0.497 e. The number of ether oxygens (including phenoxy) is 1. The van der Waals surface area contributed by atoms with E-state index in [0.717, 1.165) is 59.7 Å². The zero-order valence-corrected chi connectivity index (χ0v) is 24.1. The van der Waals surface area contributed by atoms with E-state index in [-0.39, 0.29) is 5.75 Å². The number of hydrogen-bond acceptors (Lipinski definition) is 6. The first kappa shape index (κ1) is 29.0. The fourth-order valence-electron chi connectivity index (χ4n) is 5.53. The summed E-state index contributed by atoms with van der Waals surface area (Å²) in [5.41, 5.74) is 0.821. The summed E-state index contributed by atoms with van der Waals surface area (Å²) in [5, 5.41) is 0. The van der Waals surface area contributed by atoms with Gasteiger partial charge in [0.15, 0.2) is 0 Å². The third kappa shape index (κ3) is 6.08. The van der Waals surface area contributed by atoms with Crippen LogP contribution in [0.4, 0.5) is 18.9 Å². The molecule has 3 aromatic carbocycles. The first-order chi connectivity index (χ1) is 19.5. The van der Waals surface area contributed by atoms with Gasteiger partial charge in [0.1, 0.15) is 11.5 Å². The van der Waals surface area contributed by atoms with Gasteiger partial charge >= 0.3 is 15.6 Å². The van der Waals surface area contributed by atoms with Crippen LogP contribution in [0, 0.1) is 0 Å². The van der Waals surface area contributed by atoms with Crippen molar-refractivity contribution in [1.29, 1.82) is 0 Å². The highest BCUT2D eigenvalue weighted by Crippen LogP contribution is 2.43. The lowest BCUT2D eigenvalue weighted by Gasteiger charge is -2.38. The van der Waals surface area contributed by atoms with Crippen molar-refractivity contribution in [2.24, 2.45) is 0 Å². The van der Waals surface area contributed by atoms with Crippen molar-refractivity contribution in [2.45, 2.75) is 38.2 Å². The monoisotopic (exact) mass is 586 g/mol. The molecule has 218 valence electrons. The smallest absolute Gasteiger partial charge is 0.497 e. The average molecular weight is 587 g/mol. The summed E-state index contributed by atoms with van der Waals surface area (Å²) in [5.74, 6) is 0.330. The highest BCUT2D eigenvalue weighted by molar-refractivity contribution is 7.88. The van der Waals surface area contributed by atoms with E-state index in [1.165, 1.54) is 12.1 Å². The SMILES string of the molecule is COc1ccc(C2=C(c3ccc(N4CCN(C(C)C)CC4)cc3)c3cc(OS(=O)(=O)C(F)(F)F)ccc3CC2)cc1. The summed E-state index contributed by atoms with van der Waals surface area (Å²) in [4.78, 5) is 4.80. The molecular weight excluding hydrogens is 553 g/mol. The van der Waals surface area contributed by atoms with Gasteiger partial charge in [-0.1, -0.05) is 30.3 Å². The molecule has 3 aromatic rings. The van der Waals surface area contributed by atoms with E-state index in [0.29, 0.717) is 30.2 Å². The van der Waals surface area contributed by atoms with Gasteiger partial charge in [0.05, 0.1) is 7.11 Å². The first-order valence-corrected chi connectivity index (χ1v) is 15.0. The van der Waals surface area contributed by atoms with Gasteiger partial charge < -0.3 is 13.8 Å². The molecule has 0 amide bonds. The predicted molar refractivity (Wildman–Crippen MR) is 155 cm³/mol. The van der Waals surface area contributed by atoms with Crippen molar-refractivity contribution in [1.82, 2.24) is 4.90 Å². The number of methoxy groups -OCH3 is 1. The minimum atomic E-state index is -5.80. The number of allylic oxidation sites excluding steroid dienone is 1. The maximum absolute atomic E-state index is 13.1. The second kappa shape index (κ2) is 11.4. The van der Waals surface area contributed by atoms with Crippen LogP contribution in [0.1, 0.15) is 42.5 Å². The fourth-order valence-corrected chi connectivity index (χ4v) is 5.98. The van der Waals surface area contributed by atoms with Crippen LogP contribution in [0.15, 0.2) is 66.7 Å². The fraction of sp³-hybridized carbons (Fsp3) is 0.355. The van der Waals surface area contributed by atoms with Gasteiger partial charge in [-0.15, -0.1) is 0 Å². The first-order valence-electron chi connectivity index (χ1n) is 13.6. The Labute approximate surface area is 239 Å². The summed E-state index contributed by atoms with van der Waals surface area (Å²) >= 11 is 0. The second-order valence-electron chi connectivity index (χ2n) is 10.5. The van der Waals surface area contributed by atoms with E-state index in [4.69, 9.17) is 4.74 Å². The molecule has 1 aliphatic carbocycles. The molecule has 6 nitrogen and oxygen atoms in total. The van der Waals surface area contributed by atoms with Crippen molar-refractivity contribution in [2.75, 3.05) is 38.2 Å². The number of rotatable bonds is 7. The van der Waals surface area contributed by atoms with Crippen LogP contribution >= 0.6 is 0 Å². The van der Waals surface area contributed by atoms with Crippen LogP contribution in [0.25, 0.3) is 11.1 Å². The molecule has 0 radical (unpaired) electrons. The lowest BCUT2D eigenvalue weighted by molar-refractivity contribution is -0.0500. The molecule has 0 aromatic heterocycles. The van der Waals surface area contributed by atoms with Gasteiger partial charge in [-0.05, 0) is 96.5 Å². The Morgan fingerprint density at radius 1 is 0.805 bits per heavy atom. The van der Waals surface area contributed by atoms with E-state index in [9.17, 15) is 21.6 Å². The number of aryl methyl sites for hydroxylation is 1. The maximum Gasteiger partial charge on any atom is 0.534 e. The molecule has 5 rings (SSSR count). The number of piperazine rings is 1. The predicted octanol–water partition coefficient (Wildman–Crippen LogP) is 6.36. The summed E-state index contributed by atoms with van der Waals surface area (Å²) in [6, 6.07) is 20.7. The Hall–Kier alpha value is -3.50. The molecule has 0 atom stereocenters. The van der Waals surface area contributed by atoms with Gasteiger partial charge in [0.2, 0.25) is 0 Å². The van der Waals surface area contributed by atoms with Gasteiger partial charge in [-0.2, -0.15) is 21.6 Å². The number of nitrogens with zero attached hydrogens (tertiary/aromatic N) is 2. The molecule has 0 unspecified atom stereocenters. The van der Waals surface area contributed by atoms with Gasteiger partial charge in [0.25, 0.3) is 0 Å². The van der Waals surface area contributed by atoms with Crippen LogP contribution in [-0.4, -0.2) is 58.2 Å². The molecule has 1 fully saturated rings. The highest BCUT2D eigenvalue weighted by Gasteiger charge is 2.48. The van der Waals surface area contributed by atoms with Crippen LogP contribution < -0.4 is 13.8 Å². The second-order valence-corrected chi connectivity index (χ2v) is 12.1. The van der Waals surface area contributed by atoms with Crippen LogP contribution in [0.5, 0.6) is 11.5 Å². The average Bonchev–Trinajstić information content (AvgIpc) is 2.96. The molecule has 1 aliphatic heterocycles. The molecule has 0 saturated carbocycles. The summed E-state index contributed by atoms with van der Waals surface area (Å²) < 4.78 is 72.5. The number of fused-ring (bicyclic) bond motifs is 1. The molecule has 10 heteroatoms. The molecule has 2 aliphatic rings. The van der Waals surface area contributed by atoms with E-state index in [1.807, 2.05) is 36.4 Å². The number of alkyl halides is 3. The quantitative estimate of drug-likeness (QED) is 0.237. The van der Waals surface area contributed by atoms with Gasteiger partial charge in [0, 0.05) is 37.9 Å². The van der Waals surface area contributed by atoms with E-state index in [2.05, 4.69) is 40.0 Å². The van der Waals surface area contributed by atoms with E-state index >= 15 is 0 Å². The molecule has 1 saturated heterocycles. The minimum absolute atomic E-state index is 0.380. The van der Waals surface area contributed by atoms with Crippen molar-refractivity contribution in [3.63, 3.8) is 0 Å². The molecule has 0 bridgehead atoms. The molecule has 0 N–H and O–H groups in total. The normalized spacial score (nSPS) is 16.6. The Kier molecular flexibility index (Phi) is 8.07. The van der Waals surface area contributed by atoms with Gasteiger partial charge in [-0.25, -0.2) is 0 Å². The summed E-state index contributed by atoms with van der Waals surface area (Å²) in [6.07, 6.45) is 1.35. The van der Waals surface area contributed by atoms with Crippen molar-refractivity contribution < 1.29 is 30.5 Å². The Balaban J connectivity index is 1.55. The summed E-state index contributed by atoms with van der Waals surface area (Å²) in [7, 11) is -4.20. The van der Waals surface area contributed by atoms with E-state index < -0.39 is 15.6 Å².